The van der Waals surface area contributed by atoms with Crippen molar-refractivity contribution in [3.8, 4) is 0 Å². The molecule has 0 N–H and O–H groups in total. The van der Waals surface area contributed by atoms with E-state index < -0.39 is 46.5 Å². The van der Waals surface area contributed by atoms with Crippen molar-refractivity contribution in [2.24, 2.45) is 59.9 Å². The first-order valence-electron chi connectivity index (χ1n) is 36.4. The third-order valence-electron chi connectivity index (χ3n) is 20.5. The minimum Gasteiger partial charge on any atom is -0.506 e. The van der Waals surface area contributed by atoms with E-state index in [1.54, 1.807) is 0 Å². The summed E-state index contributed by atoms with van der Waals surface area (Å²) in [5.74, 6) is 7.34. The van der Waals surface area contributed by atoms with Gasteiger partial charge in [-0.15, -0.1) is 0 Å². The summed E-state index contributed by atoms with van der Waals surface area (Å²) in [4.78, 5) is 66.6. The van der Waals surface area contributed by atoms with Gasteiger partial charge in [0.05, 0.1) is 57.4 Å². The lowest BCUT2D eigenvalue weighted by atomic mass is 10.1. The fourth-order valence-corrected chi connectivity index (χ4v) is 29.3. The summed E-state index contributed by atoms with van der Waals surface area (Å²) in [7, 11) is -2.51. The molecular formula is C86H74Al2F8N16O2Si2. The van der Waals surface area contributed by atoms with Crippen molar-refractivity contribution in [1.82, 2.24) is 14.2 Å². The second kappa shape index (κ2) is 33.8. The van der Waals surface area contributed by atoms with E-state index in [-0.39, 0.29) is 0 Å². The molecule has 116 heavy (non-hydrogen) atoms. The Balaban J connectivity index is 0.000000656. The smallest absolute Gasteiger partial charge is 0.506 e. The zero-order valence-corrected chi connectivity index (χ0v) is 69.4. The van der Waals surface area contributed by atoms with Gasteiger partial charge in [-0.25, -0.2) is 59.9 Å². The Kier molecular flexibility index (Phi) is 23.5. The van der Waals surface area contributed by atoms with Gasteiger partial charge in [0, 0.05) is 87.6 Å². The van der Waals surface area contributed by atoms with Gasteiger partial charge in [0.2, 0.25) is 0 Å². The first kappa shape index (κ1) is 80.6. The molecule has 0 unspecified atom stereocenters. The van der Waals surface area contributed by atoms with Crippen LogP contribution in [-0.2, 0) is 6.96 Å². The van der Waals surface area contributed by atoms with Crippen LogP contribution >= 0.6 is 0 Å². The number of aromatic nitrogens is 4. The molecule has 22 rings (SSSR count). The van der Waals surface area contributed by atoms with Crippen LogP contribution in [0.15, 0.2) is 290 Å². The summed E-state index contributed by atoms with van der Waals surface area (Å²) in [5.41, 5.74) is 9.95. The molecule has 8 aliphatic rings. The Morgan fingerprint density at radius 1 is 0.207 bits per heavy atom. The first-order chi connectivity index (χ1) is 57.1. The van der Waals surface area contributed by atoms with Crippen LogP contribution in [-0.4, -0.2) is 165 Å². The second-order valence-electron chi connectivity index (χ2n) is 27.0. The third kappa shape index (κ3) is 13.1. The number of aliphatic imine (C=N–C) groups is 8. The molecule has 12 bridgehead atoms. The number of hydrogen-bond acceptors (Lipinski definition) is 14. The molecule has 12 heterocycles. The van der Waals surface area contributed by atoms with Crippen LogP contribution in [0.4, 0.5) is 58.4 Å². The Bertz CT molecular complexity index is 6090. The van der Waals surface area contributed by atoms with Crippen LogP contribution in [0, 0.1) is 0 Å². The van der Waals surface area contributed by atoms with Crippen molar-refractivity contribution in [2.45, 2.75) is 26.2 Å². The minimum atomic E-state index is -3.34. The Labute approximate surface area is 673 Å². The second-order valence-corrected chi connectivity index (χ2v) is 39.4. The Morgan fingerprint density at radius 3 is 0.586 bits per heavy atom. The number of nitrogens with zero attached hydrogens (tertiary/aromatic N) is 16. The SMILES string of the molecule is CF.CF.CF.CF.CF.CF.CF.CF.C[Si](C)([O][Al]1[n]2c3c4ccccc4c2N=C2N=C(N=c4c5ccccc5c([n]41)=NC1=NC(=N3)c3ccccc31)c1ccccc12)c1ccc([Si](C)(C)[O][Al]2[n]3c4c5ccccc5c3N=C3N=C(N=c5c6ccccc6c([n]52)=NC2=NC(=N4)c4ccccc42)c2ccccc23)c2ccccc12. The molecule has 0 saturated heterocycles. The standard InChI is InChI=1S/2C32H16N8.C14H18O2Si2.8CH3F.2Al/c2*1-2-10-18-17(9-1)25-33-26(18)38-28-21-13-5-6-14-22(21)30(35-28)40-32-24-16-8-7-15-23(24)31(36-32)39-29-20-12-4-3-11-19(20)27(34-29)37-25;1-17(2,15)13-9-10-14(18(3,4)16)12-8-6-5-7-11(12)13;8*1-2;;/h2*1-16H;5-10H,1-4H3;8*1H3;;/q3*-2;;;;;;;;;2*+3. The average molecular weight is 1630 g/mol. The van der Waals surface area contributed by atoms with Crippen LogP contribution in [0.2, 0.25) is 26.2 Å². The van der Waals surface area contributed by atoms with Gasteiger partial charge in [-0.3, -0.25) is 35.1 Å². The lowest BCUT2D eigenvalue weighted by Gasteiger charge is -2.33. The highest BCUT2D eigenvalue weighted by atomic mass is 28.4. The van der Waals surface area contributed by atoms with Crippen molar-refractivity contribution in [3.63, 3.8) is 0 Å². The molecule has 0 spiro atoms. The molecule has 0 saturated carbocycles. The number of rotatable bonds is 6. The average Bonchev–Trinajstić information content (AvgIpc) is 1.55. The van der Waals surface area contributed by atoms with E-state index >= 15 is 0 Å². The van der Waals surface area contributed by atoms with Gasteiger partial charge in [-0.2, -0.15) is 0 Å². The highest BCUT2D eigenvalue weighted by Gasteiger charge is 2.50. The minimum absolute atomic E-state index is 0.500. The fourth-order valence-electron chi connectivity index (χ4n) is 16.0. The van der Waals surface area contributed by atoms with E-state index in [1.807, 2.05) is 48.5 Å². The summed E-state index contributed by atoms with van der Waals surface area (Å²) in [6.07, 6.45) is 0. The number of fused-ring (bicyclic) bond motifs is 29. The molecule has 580 valence electrons. The van der Waals surface area contributed by atoms with E-state index in [1.165, 1.54) is 0 Å². The summed E-state index contributed by atoms with van der Waals surface area (Å²) < 4.78 is 102. The molecule has 10 aromatic carbocycles. The molecule has 0 aliphatic carbocycles. The van der Waals surface area contributed by atoms with Gasteiger partial charge in [0.15, 0.2) is 63.3 Å². The largest absolute Gasteiger partial charge is 0.798 e. The highest BCUT2D eigenvalue weighted by molar-refractivity contribution is 6.92. The number of benzene rings is 10. The molecule has 18 nitrogen and oxygen atoms in total. The Hall–Kier alpha value is -12.0. The van der Waals surface area contributed by atoms with Crippen molar-refractivity contribution >= 4 is 181 Å². The molecule has 0 atom stereocenters. The highest BCUT2D eigenvalue weighted by Crippen LogP contribution is 2.44. The molecule has 0 fully saturated rings. The van der Waals surface area contributed by atoms with E-state index in [2.05, 4.69) is 222 Å². The van der Waals surface area contributed by atoms with E-state index in [0.29, 0.717) is 149 Å². The van der Waals surface area contributed by atoms with Crippen molar-refractivity contribution in [3.05, 3.63) is 297 Å². The first-order valence-corrected chi connectivity index (χ1v) is 45.3. The number of hydrogen-bond donors (Lipinski definition) is 0. The number of alkyl halides is 8. The third-order valence-corrected chi connectivity index (χ3v) is 34.1. The van der Waals surface area contributed by atoms with Gasteiger partial charge in [0.25, 0.3) is 0 Å². The van der Waals surface area contributed by atoms with Gasteiger partial charge in [-0.1, -0.05) is 231 Å². The van der Waals surface area contributed by atoms with Gasteiger partial charge in [-0.05, 0) is 47.3 Å². The maximum atomic E-state index is 9.50. The lowest BCUT2D eigenvalue weighted by molar-refractivity contribution is 0.539. The number of amidine groups is 8. The van der Waals surface area contributed by atoms with Crippen molar-refractivity contribution in [1.29, 1.82) is 0 Å². The fraction of sp³-hybridized carbons (Fsp3) is 0.140. The summed E-state index contributed by atoms with van der Waals surface area (Å²) in [6, 6.07) is 80.1. The summed E-state index contributed by atoms with van der Waals surface area (Å²) in [6.45, 7) is 9.31. The monoisotopic (exact) mass is 1620 g/mol. The molecule has 8 aliphatic heterocycles. The molecule has 30 heteroatoms. The normalized spacial score (nSPS) is 13.9. The number of halogens is 8. The van der Waals surface area contributed by atoms with Gasteiger partial charge in [0.1, 0.15) is 45.2 Å². The lowest BCUT2D eigenvalue weighted by Crippen LogP contribution is -2.59. The zero-order valence-electron chi connectivity index (χ0n) is 65.1. The summed E-state index contributed by atoms with van der Waals surface area (Å²) in [5, 5.41) is 11.7. The van der Waals surface area contributed by atoms with Crippen molar-refractivity contribution in [2.75, 3.05) is 57.4 Å². The van der Waals surface area contributed by atoms with Crippen LogP contribution in [0.3, 0.4) is 0 Å². The zero-order chi connectivity index (χ0) is 82.0. The summed E-state index contributed by atoms with van der Waals surface area (Å²) >= 11 is -6.68. The molecule has 4 aromatic heterocycles. The van der Waals surface area contributed by atoms with Gasteiger partial charge >= 0.3 is 29.8 Å². The van der Waals surface area contributed by atoms with Crippen LogP contribution < -0.4 is 32.3 Å². The van der Waals surface area contributed by atoms with Crippen LogP contribution in [0.1, 0.15) is 44.5 Å². The Morgan fingerprint density at radius 2 is 0.379 bits per heavy atom. The molecular weight excluding hydrogens is 1550 g/mol. The van der Waals surface area contributed by atoms with Crippen molar-refractivity contribution < 1.29 is 42.1 Å². The van der Waals surface area contributed by atoms with Crippen LogP contribution in [0.25, 0.3) is 53.9 Å². The molecule has 0 radical (unpaired) electrons. The maximum absolute atomic E-state index is 9.50. The van der Waals surface area contributed by atoms with E-state index in [9.17, 15) is 35.1 Å². The molecule has 14 aromatic rings. The predicted molar refractivity (Wildman–Crippen MR) is 459 cm³/mol. The topological polar surface area (TPSA) is 187 Å². The van der Waals surface area contributed by atoms with Gasteiger partial charge < -0.3 is 21.2 Å². The van der Waals surface area contributed by atoms with E-state index in [4.69, 9.17) is 66.9 Å². The quantitative estimate of drug-likeness (QED) is 0.119. The predicted octanol–water partition coefficient (Wildman–Crippen LogP) is 16.3. The maximum Gasteiger partial charge on any atom is 0.798 e. The van der Waals surface area contributed by atoms with Crippen LogP contribution in [0.5, 0.6) is 0 Å². The molecule has 0 amide bonds. The van der Waals surface area contributed by atoms with E-state index in [0.717, 1.165) is 109 Å².